The highest BCUT2D eigenvalue weighted by molar-refractivity contribution is 6.11. The van der Waals surface area contributed by atoms with Crippen LogP contribution in [0.1, 0.15) is 71.3 Å². The Bertz CT molecular complexity index is 678. The molecule has 1 fully saturated rings. The van der Waals surface area contributed by atoms with Crippen LogP contribution in [0.3, 0.4) is 0 Å². The van der Waals surface area contributed by atoms with Crippen molar-refractivity contribution in [3.63, 3.8) is 0 Å². The summed E-state index contributed by atoms with van der Waals surface area (Å²) in [7, 11) is 0. The van der Waals surface area contributed by atoms with Gasteiger partial charge in [0.25, 0.3) is 0 Å². The normalized spacial score (nSPS) is 17.2. The molecule has 0 aliphatic heterocycles. The number of nitrogens with one attached hydrogen (secondary N) is 1. The monoisotopic (exact) mass is 393 g/mol. The summed E-state index contributed by atoms with van der Waals surface area (Å²) in [5, 5.41) is 19.0. The molecular weight excluding hydrogens is 360 g/mol. The molecule has 0 amide bonds. The van der Waals surface area contributed by atoms with Crippen LogP contribution in [0.5, 0.6) is 0 Å². The molecule has 1 aromatic carbocycles. The lowest BCUT2D eigenvalue weighted by molar-refractivity contribution is 0.0454. The lowest BCUT2D eigenvalue weighted by atomic mass is 9.96. The first-order valence-corrected chi connectivity index (χ1v) is 10.5. The van der Waals surface area contributed by atoms with Crippen molar-refractivity contribution in [2.75, 3.05) is 6.61 Å². The largest absolute Gasteiger partial charge is 0.512 e. The van der Waals surface area contributed by atoms with Crippen molar-refractivity contribution in [2.24, 2.45) is 11.8 Å². The molecule has 0 heterocycles. The molecule has 28 heavy (non-hydrogen) atoms. The quantitative estimate of drug-likeness (QED) is 0.312. The first-order chi connectivity index (χ1) is 13.4. The number of hydrogen-bond acceptors (Lipinski definition) is 3. The first-order valence-electron chi connectivity index (χ1n) is 10.5. The van der Waals surface area contributed by atoms with E-state index in [1.807, 2.05) is 0 Å². The summed E-state index contributed by atoms with van der Waals surface area (Å²) in [4.78, 5) is 0. The van der Waals surface area contributed by atoms with Gasteiger partial charge in [-0.05, 0) is 43.7 Å². The van der Waals surface area contributed by atoms with Gasteiger partial charge in [0.05, 0.1) is 24.0 Å². The summed E-state index contributed by atoms with van der Waals surface area (Å²) in [6.07, 6.45) is 6.65. The van der Waals surface area contributed by atoms with E-state index in [2.05, 4.69) is 20.8 Å². The number of rotatable bonds is 12. The molecule has 2 rings (SSSR count). The predicted molar refractivity (Wildman–Crippen MR) is 109 cm³/mol. The maximum atomic E-state index is 14.2. The Labute approximate surface area is 167 Å². The zero-order chi connectivity index (χ0) is 20.7. The first kappa shape index (κ1) is 22.5. The van der Waals surface area contributed by atoms with Crippen molar-refractivity contribution >= 4 is 5.71 Å². The molecule has 0 saturated heterocycles. The Kier molecular flexibility index (Phi) is 8.61. The summed E-state index contributed by atoms with van der Waals surface area (Å²) in [6, 6.07) is 3.53. The van der Waals surface area contributed by atoms with Gasteiger partial charge in [-0.1, -0.05) is 46.1 Å². The number of allylic oxidation sites excluding steroid dienone is 1. The summed E-state index contributed by atoms with van der Waals surface area (Å²) in [5.74, 6) is -1.06. The number of aliphatic hydroxyl groups excluding tert-OH is 1. The van der Waals surface area contributed by atoms with Crippen LogP contribution in [-0.2, 0) is 4.74 Å². The van der Waals surface area contributed by atoms with E-state index in [1.54, 1.807) is 0 Å². The smallest absolute Gasteiger partial charge is 0.135 e. The summed E-state index contributed by atoms with van der Waals surface area (Å²) >= 11 is 0. The van der Waals surface area contributed by atoms with E-state index in [-0.39, 0.29) is 35.7 Å². The van der Waals surface area contributed by atoms with Crippen molar-refractivity contribution in [1.29, 1.82) is 5.41 Å². The van der Waals surface area contributed by atoms with Crippen LogP contribution < -0.4 is 0 Å². The molecule has 1 aliphatic rings. The van der Waals surface area contributed by atoms with E-state index < -0.39 is 17.2 Å². The minimum Gasteiger partial charge on any atom is -0.512 e. The van der Waals surface area contributed by atoms with Gasteiger partial charge >= 0.3 is 0 Å². The van der Waals surface area contributed by atoms with Crippen molar-refractivity contribution < 1.29 is 18.6 Å². The fourth-order valence-corrected chi connectivity index (χ4v) is 3.62. The van der Waals surface area contributed by atoms with Crippen LogP contribution in [-0.4, -0.2) is 23.5 Å². The van der Waals surface area contributed by atoms with Crippen molar-refractivity contribution in [3.8, 4) is 0 Å². The molecule has 1 aliphatic carbocycles. The van der Waals surface area contributed by atoms with Gasteiger partial charge in [-0.15, -0.1) is 0 Å². The fourth-order valence-electron chi connectivity index (χ4n) is 3.62. The van der Waals surface area contributed by atoms with Crippen molar-refractivity contribution in [1.82, 2.24) is 0 Å². The van der Waals surface area contributed by atoms with Crippen LogP contribution >= 0.6 is 0 Å². The Morgan fingerprint density at radius 3 is 2.32 bits per heavy atom. The van der Waals surface area contributed by atoms with Gasteiger partial charge in [-0.3, -0.25) is 5.41 Å². The van der Waals surface area contributed by atoms with Crippen LogP contribution in [0.15, 0.2) is 29.5 Å². The Morgan fingerprint density at radius 1 is 1.18 bits per heavy atom. The minimum absolute atomic E-state index is 0.00154. The molecule has 1 aromatic rings. The summed E-state index contributed by atoms with van der Waals surface area (Å²) < 4.78 is 34.5. The highest BCUT2D eigenvalue weighted by atomic mass is 19.1. The number of aliphatic hydroxyl groups is 1. The Balaban J connectivity index is 2.20. The zero-order valence-electron chi connectivity index (χ0n) is 17.2. The third-order valence-corrected chi connectivity index (χ3v) is 5.31. The zero-order valence-corrected chi connectivity index (χ0v) is 17.2. The van der Waals surface area contributed by atoms with Crippen LogP contribution in [0, 0.1) is 28.9 Å². The average Bonchev–Trinajstić information content (AvgIpc) is 3.47. The second kappa shape index (κ2) is 10.7. The SMILES string of the molecule is CCCC(C)CC(CCC)OC/C(C(=N)c1c(F)cccc1F)=C(/O)C1CC1. The number of benzene rings is 1. The Hall–Kier alpha value is -1.75. The van der Waals surface area contributed by atoms with Crippen LogP contribution in [0.25, 0.3) is 0 Å². The highest BCUT2D eigenvalue weighted by Crippen LogP contribution is 2.37. The van der Waals surface area contributed by atoms with Crippen molar-refractivity contribution in [3.05, 3.63) is 46.7 Å². The average molecular weight is 394 g/mol. The molecule has 2 atom stereocenters. The maximum absolute atomic E-state index is 14.2. The van der Waals surface area contributed by atoms with Gasteiger partial charge < -0.3 is 9.84 Å². The van der Waals surface area contributed by atoms with E-state index in [1.165, 1.54) is 6.07 Å². The standard InChI is InChI=1S/C23H33F2NO2/c1-4-7-15(3)13-17(8-5-2)28-14-18(23(27)16-11-12-16)22(26)21-19(24)9-6-10-20(21)25/h6,9-10,15-17,26-27H,4-5,7-8,11-14H2,1-3H3/b23-18-,26-22?. The van der Waals surface area contributed by atoms with Crippen LogP contribution in [0.2, 0.25) is 0 Å². The molecule has 1 saturated carbocycles. The number of halogens is 2. The second-order valence-corrected chi connectivity index (χ2v) is 7.96. The molecule has 0 bridgehead atoms. The van der Waals surface area contributed by atoms with Gasteiger partial charge in [0, 0.05) is 11.5 Å². The van der Waals surface area contributed by atoms with Crippen LogP contribution in [0.4, 0.5) is 8.78 Å². The van der Waals surface area contributed by atoms with Gasteiger partial charge in [0.15, 0.2) is 0 Å². The third kappa shape index (κ3) is 6.13. The highest BCUT2D eigenvalue weighted by Gasteiger charge is 2.31. The van der Waals surface area contributed by atoms with Gasteiger partial charge in [-0.25, -0.2) is 8.78 Å². The number of ether oxygens (including phenoxy) is 1. The Morgan fingerprint density at radius 2 is 1.79 bits per heavy atom. The van der Waals surface area contributed by atoms with Gasteiger partial charge in [-0.2, -0.15) is 0 Å². The van der Waals surface area contributed by atoms with E-state index in [4.69, 9.17) is 10.1 Å². The molecular formula is C23H33F2NO2. The summed E-state index contributed by atoms with van der Waals surface area (Å²) in [6.45, 7) is 6.45. The van der Waals surface area contributed by atoms with E-state index in [9.17, 15) is 13.9 Å². The molecule has 5 heteroatoms. The fraction of sp³-hybridized carbons (Fsp3) is 0.609. The molecule has 2 unspecified atom stereocenters. The molecule has 2 N–H and O–H groups in total. The molecule has 0 aromatic heterocycles. The lowest BCUT2D eigenvalue weighted by Crippen LogP contribution is -2.22. The van der Waals surface area contributed by atoms with E-state index in [0.717, 1.165) is 57.1 Å². The van der Waals surface area contributed by atoms with Gasteiger partial charge in [0.2, 0.25) is 0 Å². The lowest BCUT2D eigenvalue weighted by Gasteiger charge is -2.23. The molecule has 0 spiro atoms. The third-order valence-electron chi connectivity index (χ3n) is 5.31. The van der Waals surface area contributed by atoms with E-state index >= 15 is 0 Å². The minimum atomic E-state index is -0.798. The topological polar surface area (TPSA) is 53.3 Å². The maximum Gasteiger partial charge on any atom is 0.135 e. The molecule has 156 valence electrons. The predicted octanol–water partition coefficient (Wildman–Crippen LogP) is 6.57. The van der Waals surface area contributed by atoms with E-state index in [0.29, 0.717) is 5.92 Å². The number of hydrogen-bond donors (Lipinski definition) is 2. The van der Waals surface area contributed by atoms with Crippen molar-refractivity contribution in [2.45, 2.75) is 71.8 Å². The van der Waals surface area contributed by atoms with Gasteiger partial charge in [0.1, 0.15) is 17.4 Å². The summed E-state index contributed by atoms with van der Waals surface area (Å²) in [5.41, 5.74) is -0.521. The second-order valence-electron chi connectivity index (χ2n) is 7.96. The molecule has 0 radical (unpaired) electrons. The molecule has 3 nitrogen and oxygen atoms in total.